The van der Waals surface area contributed by atoms with Crippen molar-refractivity contribution < 1.29 is 9.90 Å². The summed E-state index contributed by atoms with van der Waals surface area (Å²) in [4.78, 5) is 11.2. The number of carboxylic acid groups (broad SMARTS) is 1. The minimum absolute atomic E-state index is 0.467. The molecule has 0 aliphatic carbocycles. The number of rotatable bonds is 7. The molecule has 94 valence electrons. The van der Waals surface area contributed by atoms with Gasteiger partial charge in [0.2, 0.25) is 0 Å². The summed E-state index contributed by atoms with van der Waals surface area (Å²) in [7, 11) is 0. The average Bonchev–Trinajstić information content (AvgIpc) is 2.34. The standard InChI is InChI=1S/C13H19NO2S/c1-10(17-2)8-14-9-12(13(15)16)11-6-4-3-5-7-11/h3-7,10,12,14H,8-9H2,1-2H3,(H,15,16). The van der Waals surface area contributed by atoms with E-state index < -0.39 is 11.9 Å². The molecule has 0 spiro atoms. The van der Waals surface area contributed by atoms with Crippen LogP contribution in [-0.2, 0) is 4.79 Å². The number of carboxylic acids is 1. The van der Waals surface area contributed by atoms with E-state index in [1.165, 1.54) is 0 Å². The normalized spacial score (nSPS) is 14.2. The van der Waals surface area contributed by atoms with Gasteiger partial charge in [-0.25, -0.2) is 0 Å². The number of hydrogen-bond donors (Lipinski definition) is 2. The molecule has 17 heavy (non-hydrogen) atoms. The lowest BCUT2D eigenvalue weighted by Crippen LogP contribution is -2.30. The Labute approximate surface area is 107 Å². The molecule has 3 nitrogen and oxygen atoms in total. The van der Waals surface area contributed by atoms with Gasteiger partial charge in [0.15, 0.2) is 0 Å². The van der Waals surface area contributed by atoms with E-state index in [2.05, 4.69) is 18.5 Å². The van der Waals surface area contributed by atoms with Gasteiger partial charge >= 0.3 is 5.97 Å². The first-order valence-corrected chi connectivity index (χ1v) is 6.95. The molecule has 0 aliphatic rings. The fourth-order valence-electron chi connectivity index (χ4n) is 1.55. The first-order chi connectivity index (χ1) is 8.15. The molecule has 0 saturated heterocycles. The second-order valence-electron chi connectivity index (χ2n) is 4.01. The Balaban J connectivity index is 2.54. The highest BCUT2D eigenvalue weighted by Crippen LogP contribution is 2.15. The quantitative estimate of drug-likeness (QED) is 0.782. The third-order valence-corrected chi connectivity index (χ3v) is 3.65. The van der Waals surface area contributed by atoms with Crippen molar-refractivity contribution in [1.29, 1.82) is 0 Å². The molecule has 0 fully saturated rings. The van der Waals surface area contributed by atoms with Gasteiger partial charge in [0.05, 0.1) is 5.92 Å². The van der Waals surface area contributed by atoms with Crippen molar-refractivity contribution in [3.63, 3.8) is 0 Å². The lowest BCUT2D eigenvalue weighted by molar-refractivity contribution is -0.138. The highest BCUT2D eigenvalue weighted by molar-refractivity contribution is 7.99. The van der Waals surface area contributed by atoms with Crippen LogP contribution in [0.1, 0.15) is 18.4 Å². The lowest BCUT2D eigenvalue weighted by atomic mass is 9.99. The van der Waals surface area contributed by atoms with E-state index in [1.54, 1.807) is 11.8 Å². The summed E-state index contributed by atoms with van der Waals surface area (Å²) in [6, 6.07) is 9.36. The van der Waals surface area contributed by atoms with Crippen LogP contribution in [0.25, 0.3) is 0 Å². The summed E-state index contributed by atoms with van der Waals surface area (Å²) in [6.45, 7) is 3.43. The first kappa shape index (κ1) is 14.1. The van der Waals surface area contributed by atoms with E-state index in [-0.39, 0.29) is 0 Å². The molecule has 2 N–H and O–H groups in total. The Morgan fingerprint density at radius 2 is 2.00 bits per heavy atom. The lowest BCUT2D eigenvalue weighted by Gasteiger charge is -2.15. The molecule has 0 aromatic heterocycles. The monoisotopic (exact) mass is 253 g/mol. The summed E-state index contributed by atoms with van der Waals surface area (Å²) in [5.74, 6) is -1.24. The van der Waals surface area contributed by atoms with Crippen LogP contribution in [0, 0.1) is 0 Å². The second kappa shape index (κ2) is 7.35. The van der Waals surface area contributed by atoms with Crippen molar-refractivity contribution in [2.75, 3.05) is 19.3 Å². The number of carbonyl (C=O) groups is 1. The van der Waals surface area contributed by atoms with Crippen LogP contribution >= 0.6 is 11.8 Å². The van der Waals surface area contributed by atoms with Crippen LogP contribution in [0.2, 0.25) is 0 Å². The maximum absolute atomic E-state index is 11.2. The molecule has 2 atom stereocenters. The van der Waals surface area contributed by atoms with Gasteiger partial charge < -0.3 is 10.4 Å². The Kier molecular flexibility index (Phi) is 6.08. The van der Waals surface area contributed by atoms with E-state index in [1.807, 2.05) is 30.3 Å². The van der Waals surface area contributed by atoms with Crippen LogP contribution in [0.5, 0.6) is 0 Å². The smallest absolute Gasteiger partial charge is 0.312 e. The van der Waals surface area contributed by atoms with Gasteiger partial charge in [0.1, 0.15) is 0 Å². The number of thioether (sulfide) groups is 1. The van der Waals surface area contributed by atoms with Crippen molar-refractivity contribution in [1.82, 2.24) is 5.32 Å². The van der Waals surface area contributed by atoms with Gasteiger partial charge in [-0.15, -0.1) is 0 Å². The number of nitrogens with one attached hydrogen (secondary N) is 1. The van der Waals surface area contributed by atoms with E-state index in [0.717, 1.165) is 12.1 Å². The molecule has 1 rings (SSSR count). The van der Waals surface area contributed by atoms with Crippen molar-refractivity contribution >= 4 is 17.7 Å². The van der Waals surface area contributed by atoms with E-state index in [4.69, 9.17) is 0 Å². The predicted molar refractivity (Wildman–Crippen MR) is 72.7 cm³/mol. The summed E-state index contributed by atoms with van der Waals surface area (Å²) >= 11 is 1.77. The highest BCUT2D eigenvalue weighted by atomic mass is 32.2. The fourth-order valence-corrected chi connectivity index (χ4v) is 1.83. The Hall–Kier alpha value is -1.00. The van der Waals surface area contributed by atoms with Crippen molar-refractivity contribution in [2.45, 2.75) is 18.1 Å². The molecule has 2 unspecified atom stereocenters. The molecule has 1 aromatic carbocycles. The van der Waals surface area contributed by atoms with Gasteiger partial charge in [0.25, 0.3) is 0 Å². The zero-order chi connectivity index (χ0) is 12.7. The Morgan fingerprint density at radius 3 is 2.53 bits per heavy atom. The minimum atomic E-state index is -0.777. The van der Waals surface area contributed by atoms with Gasteiger partial charge in [-0.2, -0.15) is 11.8 Å². The summed E-state index contributed by atoms with van der Waals surface area (Å²) < 4.78 is 0. The topological polar surface area (TPSA) is 49.3 Å². The fraction of sp³-hybridized carbons (Fsp3) is 0.462. The van der Waals surface area contributed by atoms with Gasteiger partial charge in [-0.1, -0.05) is 37.3 Å². The van der Waals surface area contributed by atoms with Crippen molar-refractivity contribution in [3.8, 4) is 0 Å². The molecule has 0 bridgehead atoms. The van der Waals surface area contributed by atoms with Gasteiger partial charge in [-0.05, 0) is 11.8 Å². The molecule has 0 aliphatic heterocycles. The molecule has 0 amide bonds. The Morgan fingerprint density at radius 1 is 1.35 bits per heavy atom. The molecule has 0 heterocycles. The number of aliphatic carboxylic acids is 1. The third-order valence-electron chi connectivity index (χ3n) is 2.68. The summed E-state index contributed by atoms with van der Waals surface area (Å²) in [6.07, 6.45) is 2.05. The predicted octanol–water partition coefficient (Wildman–Crippen LogP) is 2.20. The summed E-state index contributed by atoms with van der Waals surface area (Å²) in [5, 5.41) is 12.9. The van der Waals surface area contributed by atoms with Crippen molar-refractivity contribution in [2.24, 2.45) is 0 Å². The van der Waals surface area contributed by atoms with E-state index in [0.29, 0.717) is 11.8 Å². The number of benzene rings is 1. The third kappa shape index (κ3) is 4.79. The average molecular weight is 253 g/mol. The minimum Gasteiger partial charge on any atom is -0.481 e. The number of hydrogen-bond acceptors (Lipinski definition) is 3. The van der Waals surface area contributed by atoms with Crippen LogP contribution < -0.4 is 5.32 Å². The van der Waals surface area contributed by atoms with Crippen LogP contribution in [-0.4, -0.2) is 35.7 Å². The largest absolute Gasteiger partial charge is 0.481 e. The zero-order valence-electron chi connectivity index (χ0n) is 10.2. The maximum atomic E-state index is 11.2. The first-order valence-electron chi connectivity index (χ1n) is 5.66. The van der Waals surface area contributed by atoms with E-state index >= 15 is 0 Å². The summed E-state index contributed by atoms with van der Waals surface area (Å²) in [5.41, 5.74) is 0.851. The SMILES string of the molecule is CSC(C)CNCC(C(=O)O)c1ccccc1. The molecular weight excluding hydrogens is 234 g/mol. The Bertz CT molecular complexity index is 343. The van der Waals surface area contributed by atoms with Gasteiger partial charge in [-0.3, -0.25) is 4.79 Å². The second-order valence-corrected chi connectivity index (χ2v) is 5.28. The molecule has 4 heteroatoms. The van der Waals surface area contributed by atoms with Crippen molar-refractivity contribution in [3.05, 3.63) is 35.9 Å². The van der Waals surface area contributed by atoms with Gasteiger partial charge in [0, 0.05) is 18.3 Å². The molecule has 1 aromatic rings. The molecule has 0 radical (unpaired) electrons. The van der Waals surface area contributed by atoms with Crippen LogP contribution in [0.4, 0.5) is 0 Å². The maximum Gasteiger partial charge on any atom is 0.312 e. The zero-order valence-corrected chi connectivity index (χ0v) is 11.0. The highest BCUT2D eigenvalue weighted by Gasteiger charge is 2.18. The van der Waals surface area contributed by atoms with Crippen LogP contribution in [0.15, 0.2) is 30.3 Å². The molecular formula is C13H19NO2S. The van der Waals surface area contributed by atoms with Crippen LogP contribution in [0.3, 0.4) is 0 Å². The van der Waals surface area contributed by atoms with E-state index in [9.17, 15) is 9.90 Å². The molecule has 0 saturated carbocycles.